The summed E-state index contributed by atoms with van der Waals surface area (Å²) in [6.07, 6.45) is -3.45. The van der Waals surface area contributed by atoms with Crippen LogP contribution in [0, 0.1) is 0 Å². The van der Waals surface area contributed by atoms with Crippen molar-refractivity contribution >= 4 is 0 Å². The molecule has 3 nitrogen and oxygen atoms in total. The van der Waals surface area contributed by atoms with Crippen LogP contribution in [-0.4, -0.2) is 15.1 Å². The fourth-order valence-corrected chi connectivity index (χ4v) is 1.52. The van der Waals surface area contributed by atoms with Crippen LogP contribution in [-0.2, 0) is 12.8 Å². The van der Waals surface area contributed by atoms with Crippen molar-refractivity contribution in [2.75, 3.05) is 0 Å². The first-order valence-electron chi connectivity index (χ1n) is 5.12. The smallest absolute Gasteiger partial charge is 0.392 e. The molecule has 0 atom stereocenters. The zero-order valence-corrected chi connectivity index (χ0v) is 9.15. The predicted octanol–water partition coefficient (Wildman–Crippen LogP) is 2.65. The van der Waals surface area contributed by atoms with Crippen LogP contribution < -0.4 is 0 Å². The maximum absolute atomic E-state index is 12.5. The molecule has 0 radical (unpaired) electrons. The second-order valence-electron chi connectivity index (χ2n) is 3.58. The van der Waals surface area contributed by atoms with Gasteiger partial charge in [-0.25, -0.2) is 9.97 Å². The van der Waals surface area contributed by atoms with Gasteiger partial charge in [0, 0.05) is 11.8 Å². The Bertz CT molecular complexity index is 555. The second-order valence-corrected chi connectivity index (χ2v) is 3.58. The maximum Gasteiger partial charge on any atom is 0.433 e. The Kier molecular flexibility index (Phi) is 3.29. The number of hydrogen-bond acceptors (Lipinski definition) is 3. The average molecular weight is 254 g/mol. The summed E-state index contributed by atoms with van der Waals surface area (Å²) in [4.78, 5) is 7.29. The quantitative estimate of drug-likeness (QED) is 0.896. The molecule has 0 amide bonds. The van der Waals surface area contributed by atoms with Crippen molar-refractivity contribution < 1.29 is 18.3 Å². The molecule has 0 bridgehead atoms. The van der Waals surface area contributed by atoms with E-state index in [0.717, 1.165) is 12.3 Å². The highest BCUT2D eigenvalue weighted by molar-refractivity contribution is 5.59. The molecule has 1 aromatic carbocycles. The lowest BCUT2D eigenvalue weighted by Crippen LogP contribution is -2.09. The third-order valence-electron chi connectivity index (χ3n) is 2.37. The predicted molar refractivity (Wildman–Crippen MR) is 58.4 cm³/mol. The van der Waals surface area contributed by atoms with Crippen LogP contribution in [0.15, 0.2) is 36.5 Å². The summed E-state index contributed by atoms with van der Waals surface area (Å²) in [5.41, 5.74) is -0.122. The van der Waals surface area contributed by atoms with Gasteiger partial charge in [0.05, 0.1) is 6.61 Å². The van der Waals surface area contributed by atoms with E-state index in [2.05, 4.69) is 9.97 Å². The molecule has 0 fully saturated rings. The lowest BCUT2D eigenvalue weighted by Gasteiger charge is -2.09. The van der Waals surface area contributed by atoms with E-state index in [9.17, 15) is 13.2 Å². The number of aliphatic hydroxyl groups excluding tert-OH is 1. The number of aromatic nitrogens is 2. The lowest BCUT2D eigenvalue weighted by atomic mass is 10.1. The number of hydrogen-bond donors (Lipinski definition) is 1. The van der Waals surface area contributed by atoms with Gasteiger partial charge in [0.25, 0.3) is 0 Å². The topological polar surface area (TPSA) is 46.0 Å². The minimum Gasteiger partial charge on any atom is -0.392 e. The van der Waals surface area contributed by atoms with Gasteiger partial charge in [0.1, 0.15) is 5.69 Å². The number of rotatable bonds is 2. The van der Waals surface area contributed by atoms with Crippen molar-refractivity contribution in [1.29, 1.82) is 0 Å². The molecule has 0 unspecified atom stereocenters. The minimum atomic E-state index is -4.51. The highest BCUT2D eigenvalue weighted by atomic mass is 19.4. The molecule has 0 saturated carbocycles. The highest BCUT2D eigenvalue weighted by Crippen LogP contribution is 2.29. The van der Waals surface area contributed by atoms with Crippen LogP contribution in [0.3, 0.4) is 0 Å². The van der Waals surface area contributed by atoms with Crippen LogP contribution >= 0.6 is 0 Å². The van der Waals surface area contributed by atoms with Crippen LogP contribution in [0.1, 0.15) is 11.3 Å². The van der Waals surface area contributed by atoms with Gasteiger partial charge in [0.15, 0.2) is 5.82 Å². The van der Waals surface area contributed by atoms with Crippen LogP contribution in [0.2, 0.25) is 0 Å². The van der Waals surface area contributed by atoms with E-state index in [4.69, 9.17) is 5.11 Å². The Morgan fingerprint density at radius 2 is 1.83 bits per heavy atom. The molecule has 1 heterocycles. The van der Waals surface area contributed by atoms with Crippen molar-refractivity contribution in [3.8, 4) is 11.4 Å². The Morgan fingerprint density at radius 3 is 2.50 bits per heavy atom. The fraction of sp³-hybridized carbons (Fsp3) is 0.167. The Morgan fingerprint density at radius 1 is 1.11 bits per heavy atom. The van der Waals surface area contributed by atoms with Gasteiger partial charge in [-0.1, -0.05) is 24.3 Å². The number of benzene rings is 1. The summed E-state index contributed by atoms with van der Waals surface area (Å²) in [6, 6.07) is 7.33. The maximum atomic E-state index is 12.5. The summed E-state index contributed by atoms with van der Waals surface area (Å²) in [7, 11) is 0. The van der Waals surface area contributed by atoms with E-state index in [0.29, 0.717) is 11.1 Å². The first kappa shape index (κ1) is 12.5. The average Bonchev–Trinajstić information content (AvgIpc) is 2.38. The Labute approximate surface area is 101 Å². The summed E-state index contributed by atoms with van der Waals surface area (Å²) in [5, 5.41) is 9.13. The molecule has 0 aliphatic rings. The van der Waals surface area contributed by atoms with Gasteiger partial charge >= 0.3 is 6.18 Å². The van der Waals surface area contributed by atoms with Gasteiger partial charge in [-0.15, -0.1) is 0 Å². The van der Waals surface area contributed by atoms with Gasteiger partial charge < -0.3 is 5.11 Å². The van der Waals surface area contributed by atoms with Gasteiger partial charge in [-0.2, -0.15) is 13.2 Å². The zero-order chi connectivity index (χ0) is 13.2. The molecule has 94 valence electrons. The van der Waals surface area contributed by atoms with Crippen LogP contribution in [0.5, 0.6) is 0 Å². The molecule has 1 N–H and O–H groups in total. The monoisotopic (exact) mass is 254 g/mol. The van der Waals surface area contributed by atoms with E-state index in [1.165, 1.54) is 0 Å². The fourth-order valence-electron chi connectivity index (χ4n) is 1.52. The molecular formula is C12H9F3N2O. The van der Waals surface area contributed by atoms with Crippen molar-refractivity contribution in [1.82, 2.24) is 9.97 Å². The first-order valence-corrected chi connectivity index (χ1v) is 5.12. The number of alkyl halides is 3. The number of halogens is 3. The normalized spacial score (nSPS) is 11.6. The Balaban J connectivity index is 2.51. The molecular weight excluding hydrogens is 245 g/mol. The van der Waals surface area contributed by atoms with Crippen LogP contribution in [0.4, 0.5) is 13.2 Å². The lowest BCUT2D eigenvalue weighted by molar-refractivity contribution is -0.141. The van der Waals surface area contributed by atoms with Crippen molar-refractivity contribution in [3.63, 3.8) is 0 Å². The van der Waals surface area contributed by atoms with Crippen molar-refractivity contribution in [2.24, 2.45) is 0 Å². The first-order chi connectivity index (χ1) is 8.52. The van der Waals surface area contributed by atoms with Gasteiger partial charge in [0.2, 0.25) is 0 Å². The molecule has 0 aliphatic carbocycles. The van der Waals surface area contributed by atoms with Crippen molar-refractivity contribution in [3.05, 3.63) is 47.8 Å². The van der Waals surface area contributed by atoms with E-state index in [1.54, 1.807) is 24.3 Å². The molecule has 6 heteroatoms. The molecule has 2 aromatic rings. The molecule has 2 rings (SSSR count). The van der Waals surface area contributed by atoms with E-state index >= 15 is 0 Å². The Hall–Kier alpha value is -1.95. The molecule has 18 heavy (non-hydrogen) atoms. The molecule has 1 aromatic heterocycles. The third-order valence-corrected chi connectivity index (χ3v) is 2.37. The summed E-state index contributed by atoms with van der Waals surface area (Å²) >= 11 is 0. The SMILES string of the molecule is OCc1ccccc1-c1nccc(C(F)(F)F)n1. The molecule has 0 aliphatic heterocycles. The zero-order valence-electron chi connectivity index (χ0n) is 9.15. The van der Waals surface area contributed by atoms with Crippen molar-refractivity contribution in [2.45, 2.75) is 12.8 Å². The summed E-state index contributed by atoms with van der Waals surface area (Å²) in [6.45, 7) is -0.282. The largest absolute Gasteiger partial charge is 0.433 e. The summed E-state index contributed by atoms with van der Waals surface area (Å²) in [5.74, 6) is -0.0468. The highest BCUT2D eigenvalue weighted by Gasteiger charge is 2.32. The van der Waals surface area contributed by atoms with E-state index in [-0.39, 0.29) is 12.4 Å². The number of nitrogens with zero attached hydrogens (tertiary/aromatic N) is 2. The number of aliphatic hydroxyl groups is 1. The van der Waals surface area contributed by atoms with Gasteiger partial charge in [-0.05, 0) is 11.6 Å². The second kappa shape index (κ2) is 4.73. The van der Waals surface area contributed by atoms with E-state index in [1.807, 2.05) is 0 Å². The van der Waals surface area contributed by atoms with Crippen LogP contribution in [0.25, 0.3) is 11.4 Å². The molecule has 0 spiro atoms. The van der Waals surface area contributed by atoms with Gasteiger partial charge in [-0.3, -0.25) is 0 Å². The van der Waals surface area contributed by atoms with E-state index < -0.39 is 11.9 Å². The minimum absolute atomic E-state index is 0.0468. The summed E-state index contributed by atoms with van der Waals surface area (Å²) < 4.78 is 37.6. The molecule has 0 saturated heterocycles. The standard InChI is InChI=1S/C12H9F3N2O/c13-12(14,15)10-5-6-16-11(17-10)9-4-2-1-3-8(9)7-18/h1-6,18H,7H2. The third kappa shape index (κ3) is 2.48.